The van der Waals surface area contributed by atoms with Crippen LogP contribution in [-0.4, -0.2) is 31.7 Å². The maximum atomic E-state index is 13.2. The summed E-state index contributed by atoms with van der Waals surface area (Å²) in [6.45, 7) is 9.91. The second-order valence-electron chi connectivity index (χ2n) is 7.63. The molecule has 3 heterocycles. The molecule has 6 nitrogen and oxygen atoms in total. The van der Waals surface area contributed by atoms with Crippen LogP contribution in [-0.2, 0) is 17.6 Å². The van der Waals surface area contributed by atoms with E-state index >= 15 is 0 Å². The molecule has 0 aliphatic carbocycles. The summed E-state index contributed by atoms with van der Waals surface area (Å²) in [6, 6.07) is 10.3. The Bertz CT molecular complexity index is 1050. The van der Waals surface area contributed by atoms with Gasteiger partial charge in [-0.15, -0.1) is 0 Å². The van der Waals surface area contributed by atoms with Gasteiger partial charge in [0.1, 0.15) is 0 Å². The highest BCUT2D eigenvalue weighted by Gasteiger charge is 2.31. The maximum Gasteiger partial charge on any atom is 0.251 e. The number of aryl methyl sites for hydroxylation is 3. The van der Waals surface area contributed by atoms with E-state index in [0.717, 1.165) is 40.4 Å². The van der Waals surface area contributed by atoms with Gasteiger partial charge < -0.3 is 4.90 Å². The van der Waals surface area contributed by atoms with Gasteiger partial charge in [0.2, 0.25) is 5.91 Å². The summed E-state index contributed by atoms with van der Waals surface area (Å²) in [5, 5.41) is 4.63. The van der Waals surface area contributed by atoms with E-state index < -0.39 is 0 Å². The van der Waals surface area contributed by atoms with Crippen molar-refractivity contribution in [1.29, 1.82) is 0 Å². The van der Waals surface area contributed by atoms with Crippen LogP contribution in [0.25, 0.3) is 5.95 Å². The largest absolute Gasteiger partial charge is 0.309 e. The Balaban J connectivity index is 1.66. The third kappa shape index (κ3) is 3.09. The summed E-state index contributed by atoms with van der Waals surface area (Å²) < 4.78 is 1.75. The van der Waals surface area contributed by atoms with Crippen LogP contribution in [0.5, 0.6) is 0 Å². The van der Waals surface area contributed by atoms with Crippen molar-refractivity contribution in [2.75, 3.05) is 4.90 Å². The molecular weight excluding hydrogens is 350 g/mol. The van der Waals surface area contributed by atoms with Gasteiger partial charge in [-0.1, -0.05) is 18.2 Å². The van der Waals surface area contributed by atoms with Crippen molar-refractivity contribution >= 4 is 11.6 Å². The Hall–Kier alpha value is -3.02. The lowest BCUT2D eigenvalue weighted by atomic mass is 10.1. The van der Waals surface area contributed by atoms with Crippen molar-refractivity contribution in [3.05, 3.63) is 64.2 Å². The molecule has 0 fully saturated rings. The van der Waals surface area contributed by atoms with Crippen LogP contribution in [0.15, 0.2) is 30.3 Å². The second-order valence-corrected chi connectivity index (χ2v) is 7.63. The Kier molecular flexibility index (Phi) is 4.49. The highest BCUT2D eigenvalue weighted by molar-refractivity contribution is 5.97. The summed E-state index contributed by atoms with van der Waals surface area (Å²) in [4.78, 5) is 24.2. The van der Waals surface area contributed by atoms with Crippen LogP contribution in [0, 0.1) is 27.7 Å². The van der Waals surface area contributed by atoms with Gasteiger partial charge in [-0.05, 0) is 58.7 Å². The minimum absolute atomic E-state index is 0.101. The number of fused-ring (bicyclic) bond motifs is 1. The second kappa shape index (κ2) is 6.86. The van der Waals surface area contributed by atoms with E-state index in [9.17, 15) is 4.79 Å². The molecule has 0 bridgehead atoms. The van der Waals surface area contributed by atoms with Gasteiger partial charge in [-0.25, -0.2) is 14.6 Å². The molecule has 2 aromatic heterocycles. The molecule has 4 rings (SSSR count). The Morgan fingerprint density at radius 2 is 1.79 bits per heavy atom. The molecule has 6 heteroatoms. The average Bonchev–Trinajstić information content (AvgIpc) is 3.11. The topological polar surface area (TPSA) is 63.9 Å². The molecule has 1 amide bonds. The van der Waals surface area contributed by atoms with Crippen LogP contribution >= 0.6 is 0 Å². The lowest BCUT2D eigenvalue weighted by molar-refractivity contribution is -0.118. The fourth-order valence-electron chi connectivity index (χ4n) is 4.11. The van der Waals surface area contributed by atoms with Gasteiger partial charge in [0.25, 0.3) is 5.95 Å². The maximum absolute atomic E-state index is 13.2. The molecule has 0 saturated carbocycles. The standard InChI is InChI=1S/C22H25N5O/c1-13-10-14(2)24-22(23-13)27-17(5)19(16(4)25-27)12-21(28)26-15(3)11-18-8-6-7-9-20(18)26/h6-10,15H,11-12H2,1-5H3/t15-/m1/s1. The van der Waals surface area contributed by atoms with E-state index in [1.807, 2.05) is 56.9 Å². The van der Waals surface area contributed by atoms with Gasteiger partial charge in [0.05, 0.1) is 12.1 Å². The van der Waals surface area contributed by atoms with E-state index in [-0.39, 0.29) is 11.9 Å². The van der Waals surface area contributed by atoms with Crippen LogP contribution < -0.4 is 4.90 Å². The third-order valence-electron chi connectivity index (χ3n) is 5.41. The molecule has 144 valence electrons. The first-order valence-corrected chi connectivity index (χ1v) is 9.63. The minimum Gasteiger partial charge on any atom is -0.309 e. The molecule has 0 saturated heterocycles. The van der Waals surface area contributed by atoms with E-state index in [2.05, 4.69) is 28.1 Å². The number of rotatable bonds is 3. The first-order valence-electron chi connectivity index (χ1n) is 9.63. The number of aromatic nitrogens is 4. The van der Waals surface area contributed by atoms with Crippen molar-refractivity contribution in [1.82, 2.24) is 19.7 Å². The van der Waals surface area contributed by atoms with Crippen LogP contribution in [0.3, 0.4) is 0 Å². The van der Waals surface area contributed by atoms with Gasteiger partial charge in [-0.3, -0.25) is 4.79 Å². The van der Waals surface area contributed by atoms with Crippen molar-refractivity contribution in [3.8, 4) is 5.95 Å². The summed E-state index contributed by atoms with van der Waals surface area (Å²) >= 11 is 0. The molecule has 0 radical (unpaired) electrons. The van der Waals surface area contributed by atoms with Crippen molar-refractivity contribution in [2.45, 2.75) is 53.5 Å². The van der Waals surface area contributed by atoms with E-state index in [0.29, 0.717) is 12.4 Å². The molecule has 1 atom stereocenters. The third-order valence-corrected chi connectivity index (χ3v) is 5.41. The summed E-state index contributed by atoms with van der Waals surface area (Å²) in [5.41, 5.74) is 6.76. The predicted octanol–water partition coefficient (Wildman–Crippen LogP) is 3.42. The van der Waals surface area contributed by atoms with E-state index in [1.165, 1.54) is 5.56 Å². The molecule has 28 heavy (non-hydrogen) atoms. The fraction of sp³-hybridized carbons (Fsp3) is 0.364. The molecule has 1 aliphatic rings. The molecule has 0 unspecified atom stereocenters. The van der Waals surface area contributed by atoms with E-state index in [1.54, 1.807) is 4.68 Å². The zero-order chi connectivity index (χ0) is 20.0. The summed E-state index contributed by atoms with van der Waals surface area (Å²) in [5.74, 6) is 0.654. The predicted molar refractivity (Wildman–Crippen MR) is 109 cm³/mol. The number of hydrogen-bond donors (Lipinski definition) is 0. The quantitative estimate of drug-likeness (QED) is 0.704. The van der Waals surface area contributed by atoms with Gasteiger partial charge in [0.15, 0.2) is 0 Å². The summed E-state index contributed by atoms with van der Waals surface area (Å²) in [6.07, 6.45) is 1.22. The molecule has 3 aromatic rings. The number of carbonyl (C=O) groups is 1. The first kappa shape index (κ1) is 18.3. The Morgan fingerprint density at radius 1 is 1.11 bits per heavy atom. The minimum atomic E-state index is 0.101. The van der Waals surface area contributed by atoms with Crippen molar-refractivity contribution in [3.63, 3.8) is 0 Å². The van der Waals surface area contributed by atoms with Gasteiger partial charge in [-0.2, -0.15) is 5.10 Å². The SMILES string of the molecule is Cc1cc(C)nc(-n2nc(C)c(CC(=O)N3c4ccccc4C[C@H]3C)c2C)n1. The number of anilines is 1. The van der Waals surface area contributed by atoms with Crippen LogP contribution in [0.2, 0.25) is 0 Å². The van der Waals surface area contributed by atoms with Gasteiger partial charge in [0, 0.05) is 34.4 Å². The normalized spacial score (nSPS) is 15.8. The highest BCUT2D eigenvalue weighted by atomic mass is 16.2. The average molecular weight is 375 g/mol. The molecule has 0 N–H and O–H groups in total. The van der Waals surface area contributed by atoms with Crippen molar-refractivity contribution in [2.24, 2.45) is 0 Å². The lowest BCUT2D eigenvalue weighted by Gasteiger charge is -2.23. The molecule has 1 aromatic carbocycles. The fourth-order valence-corrected chi connectivity index (χ4v) is 4.11. The Labute approximate surface area is 165 Å². The van der Waals surface area contributed by atoms with Crippen LogP contribution in [0.1, 0.15) is 40.8 Å². The first-order chi connectivity index (χ1) is 13.3. The zero-order valence-corrected chi connectivity index (χ0v) is 17.0. The van der Waals surface area contributed by atoms with Crippen LogP contribution in [0.4, 0.5) is 5.69 Å². The molecule has 1 aliphatic heterocycles. The number of nitrogens with zero attached hydrogens (tertiary/aromatic N) is 5. The smallest absolute Gasteiger partial charge is 0.251 e. The monoisotopic (exact) mass is 375 g/mol. The zero-order valence-electron chi connectivity index (χ0n) is 17.0. The van der Waals surface area contributed by atoms with Gasteiger partial charge >= 0.3 is 0 Å². The number of benzene rings is 1. The number of para-hydroxylation sites is 1. The molecule has 0 spiro atoms. The number of amides is 1. The highest BCUT2D eigenvalue weighted by Crippen LogP contribution is 2.32. The van der Waals surface area contributed by atoms with Crippen molar-refractivity contribution < 1.29 is 4.79 Å². The van der Waals surface area contributed by atoms with E-state index in [4.69, 9.17) is 0 Å². The summed E-state index contributed by atoms with van der Waals surface area (Å²) in [7, 11) is 0. The number of carbonyl (C=O) groups excluding carboxylic acids is 1. The molecular formula is C22H25N5O. The number of hydrogen-bond acceptors (Lipinski definition) is 4. The Morgan fingerprint density at radius 3 is 2.50 bits per heavy atom. The lowest BCUT2D eigenvalue weighted by Crippen LogP contribution is -2.37.